The van der Waals surface area contributed by atoms with E-state index in [0.717, 1.165) is 25.2 Å². The summed E-state index contributed by atoms with van der Waals surface area (Å²) in [5.74, 6) is 0.555. The summed E-state index contributed by atoms with van der Waals surface area (Å²) >= 11 is 0. The minimum Gasteiger partial charge on any atom is -0.381 e. The third-order valence-electron chi connectivity index (χ3n) is 3.97. The van der Waals surface area contributed by atoms with Gasteiger partial charge in [-0.2, -0.15) is 0 Å². The predicted octanol–water partition coefficient (Wildman–Crippen LogP) is 2.92. The largest absolute Gasteiger partial charge is 0.381 e. The smallest absolute Gasteiger partial charge is 0.0705 e. The highest BCUT2D eigenvalue weighted by atomic mass is 16.5. The summed E-state index contributed by atoms with van der Waals surface area (Å²) in [5, 5.41) is 4.64. The minimum atomic E-state index is 0.353. The van der Waals surface area contributed by atoms with Crippen molar-refractivity contribution in [2.45, 2.75) is 18.9 Å². The van der Waals surface area contributed by atoms with Crippen LogP contribution >= 0.6 is 0 Å². The van der Waals surface area contributed by atoms with Crippen molar-refractivity contribution < 1.29 is 4.74 Å². The topological polar surface area (TPSA) is 34.2 Å². The van der Waals surface area contributed by atoms with Crippen molar-refractivity contribution in [2.24, 2.45) is 5.92 Å². The van der Waals surface area contributed by atoms with Gasteiger partial charge in [-0.1, -0.05) is 18.2 Å². The molecule has 2 unspecified atom stereocenters. The highest BCUT2D eigenvalue weighted by Gasteiger charge is 2.24. The minimum absolute atomic E-state index is 0.353. The van der Waals surface area contributed by atoms with E-state index in [1.165, 1.54) is 17.4 Å². The molecule has 1 N–H and O–H groups in total. The van der Waals surface area contributed by atoms with E-state index >= 15 is 0 Å². The van der Waals surface area contributed by atoms with Gasteiger partial charge in [0.15, 0.2) is 0 Å². The number of hydrogen-bond acceptors (Lipinski definition) is 3. The Kier molecular flexibility index (Phi) is 3.76. The molecule has 2 aromatic rings. The first-order valence-electron chi connectivity index (χ1n) is 6.98. The number of nitrogens with one attached hydrogen (secondary N) is 1. The third kappa shape index (κ3) is 2.62. The monoisotopic (exact) mass is 256 g/mol. The Morgan fingerprint density at radius 2 is 2.32 bits per heavy atom. The van der Waals surface area contributed by atoms with Crippen LogP contribution in [-0.2, 0) is 4.74 Å². The predicted molar refractivity (Wildman–Crippen MR) is 77.1 cm³/mol. The maximum absolute atomic E-state index is 5.62. The Balaban J connectivity index is 1.91. The van der Waals surface area contributed by atoms with Crippen LogP contribution in [0.15, 0.2) is 36.5 Å². The molecule has 1 aromatic heterocycles. The number of hydrogen-bond donors (Lipinski definition) is 1. The molecule has 1 fully saturated rings. The van der Waals surface area contributed by atoms with E-state index in [1.54, 1.807) is 0 Å². The molecule has 3 heteroatoms. The fourth-order valence-electron chi connectivity index (χ4n) is 2.98. The van der Waals surface area contributed by atoms with Crippen LogP contribution in [0.5, 0.6) is 0 Å². The molecule has 2 heterocycles. The second kappa shape index (κ2) is 5.68. The van der Waals surface area contributed by atoms with Crippen molar-refractivity contribution in [3.63, 3.8) is 0 Å². The Bertz CT molecular complexity index is 549. The van der Waals surface area contributed by atoms with E-state index in [9.17, 15) is 0 Å². The van der Waals surface area contributed by atoms with Crippen molar-refractivity contribution >= 4 is 10.9 Å². The molecule has 0 radical (unpaired) electrons. The summed E-state index contributed by atoms with van der Waals surface area (Å²) in [7, 11) is 2.03. The Hall–Kier alpha value is -1.45. The van der Waals surface area contributed by atoms with Gasteiger partial charge < -0.3 is 10.1 Å². The molecule has 100 valence electrons. The van der Waals surface area contributed by atoms with E-state index in [2.05, 4.69) is 34.6 Å². The molecule has 1 aromatic carbocycles. The Labute approximate surface area is 114 Å². The molecule has 0 spiro atoms. The molecule has 0 aliphatic carbocycles. The van der Waals surface area contributed by atoms with E-state index < -0.39 is 0 Å². The second-order valence-electron chi connectivity index (χ2n) is 5.20. The Morgan fingerprint density at radius 3 is 3.11 bits per heavy atom. The van der Waals surface area contributed by atoms with Crippen LogP contribution in [0.4, 0.5) is 0 Å². The molecule has 1 aliphatic rings. The lowest BCUT2D eigenvalue weighted by molar-refractivity contribution is 0.0402. The fraction of sp³-hybridized carbons (Fsp3) is 0.438. The standard InChI is InChI=1S/C16H20N2O/c1-17-16(14-5-3-9-19-11-14)13-7-6-12-4-2-8-18-15(12)10-13/h2,4,6-8,10,14,16-17H,3,5,9,11H2,1H3. The molecule has 0 bridgehead atoms. The van der Waals surface area contributed by atoms with Gasteiger partial charge in [0, 0.05) is 30.1 Å². The zero-order valence-corrected chi connectivity index (χ0v) is 11.3. The van der Waals surface area contributed by atoms with Crippen LogP contribution in [0.25, 0.3) is 10.9 Å². The molecule has 1 saturated heterocycles. The molecular weight excluding hydrogens is 236 g/mol. The number of pyridine rings is 1. The average molecular weight is 256 g/mol. The summed E-state index contributed by atoms with van der Waals surface area (Å²) in [5.41, 5.74) is 2.38. The van der Waals surface area contributed by atoms with Gasteiger partial charge in [0.05, 0.1) is 12.1 Å². The molecule has 19 heavy (non-hydrogen) atoms. The van der Waals surface area contributed by atoms with Crippen molar-refractivity contribution in [3.8, 4) is 0 Å². The summed E-state index contributed by atoms with van der Waals surface area (Å²) in [6.07, 6.45) is 4.24. The molecule has 0 saturated carbocycles. The van der Waals surface area contributed by atoms with Gasteiger partial charge in [-0.25, -0.2) is 0 Å². The van der Waals surface area contributed by atoms with Crippen molar-refractivity contribution in [2.75, 3.05) is 20.3 Å². The normalized spacial score (nSPS) is 21.4. The van der Waals surface area contributed by atoms with Gasteiger partial charge in [-0.05, 0) is 37.6 Å². The van der Waals surface area contributed by atoms with Gasteiger partial charge >= 0.3 is 0 Å². The quantitative estimate of drug-likeness (QED) is 0.917. The van der Waals surface area contributed by atoms with Crippen LogP contribution in [0.3, 0.4) is 0 Å². The van der Waals surface area contributed by atoms with Gasteiger partial charge in [0.2, 0.25) is 0 Å². The fourth-order valence-corrected chi connectivity index (χ4v) is 2.98. The van der Waals surface area contributed by atoms with Gasteiger partial charge in [0.25, 0.3) is 0 Å². The van der Waals surface area contributed by atoms with Crippen molar-refractivity contribution in [1.82, 2.24) is 10.3 Å². The summed E-state index contributed by atoms with van der Waals surface area (Å²) in [6.45, 7) is 1.76. The summed E-state index contributed by atoms with van der Waals surface area (Å²) in [4.78, 5) is 4.44. The van der Waals surface area contributed by atoms with Crippen LogP contribution in [0, 0.1) is 5.92 Å². The lowest BCUT2D eigenvalue weighted by Gasteiger charge is -2.30. The molecule has 3 nitrogen and oxygen atoms in total. The van der Waals surface area contributed by atoms with Crippen LogP contribution in [0.2, 0.25) is 0 Å². The molecule has 1 aliphatic heterocycles. The first-order valence-corrected chi connectivity index (χ1v) is 6.98. The van der Waals surface area contributed by atoms with E-state index in [0.29, 0.717) is 12.0 Å². The maximum Gasteiger partial charge on any atom is 0.0705 e. The van der Waals surface area contributed by atoms with Crippen LogP contribution in [-0.4, -0.2) is 25.2 Å². The number of aromatic nitrogens is 1. The van der Waals surface area contributed by atoms with E-state index in [-0.39, 0.29) is 0 Å². The van der Waals surface area contributed by atoms with Gasteiger partial charge in [-0.3, -0.25) is 4.98 Å². The van der Waals surface area contributed by atoms with E-state index in [4.69, 9.17) is 4.74 Å². The number of fused-ring (bicyclic) bond motifs is 1. The third-order valence-corrected chi connectivity index (χ3v) is 3.97. The van der Waals surface area contributed by atoms with E-state index in [1.807, 2.05) is 19.3 Å². The molecule has 3 rings (SSSR count). The Morgan fingerprint density at radius 1 is 1.37 bits per heavy atom. The van der Waals surface area contributed by atoms with Crippen molar-refractivity contribution in [3.05, 3.63) is 42.1 Å². The zero-order chi connectivity index (χ0) is 13.1. The first kappa shape index (κ1) is 12.6. The first-order chi connectivity index (χ1) is 9.38. The SMILES string of the molecule is CNC(c1ccc2cccnc2c1)C1CCCOC1. The summed E-state index contributed by atoms with van der Waals surface area (Å²) < 4.78 is 5.62. The maximum atomic E-state index is 5.62. The van der Waals surface area contributed by atoms with Crippen molar-refractivity contribution in [1.29, 1.82) is 0 Å². The highest BCUT2D eigenvalue weighted by molar-refractivity contribution is 5.79. The number of nitrogens with zero attached hydrogens (tertiary/aromatic N) is 1. The van der Waals surface area contributed by atoms with Gasteiger partial charge in [-0.15, -0.1) is 0 Å². The molecule has 0 amide bonds. The zero-order valence-electron chi connectivity index (χ0n) is 11.3. The lowest BCUT2D eigenvalue weighted by Crippen LogP contribution is -2.31. The van der Waals surface area contributed by atoms with Crippen LogP contribution < -0.4 is 5.32 Å². The lowest BCUT2D eigenvalue weighted by atomic mass is 9.88. The second-order valence-corrected chi connectivity index (χ2v) is 5.20. The number of rotatable bonds is 3. The number of benzene rings is 1. The number of ether oxygens (including phenoxy) is 1. The summed E-state index contributed by atoms with van der Waals surface area (Å²) in [6, 6.07) is 11.0. The van der Waals surface area contributed by atoms with Gasteiger partial charge in [0.1, 0.15) is 0 Å². The average Bonchev–Trinajstić information content (AvgIpc) is 2.49. The molecular formula is C16H20N2O. The highest BCUT2D eigenvalue weighted by Crippen LogP contribution is 2.29. The molecule has 2 atom stereocenters. The van der Waals surface area contributed by atoms with Crippen LogP contribution in [0.1, 0.15) is 24.4 Å².